The van der Waals surface area contributed by atoms with Gasteiger partial charge in [-0.15, -0.1) is 0 Å². The quantitative estimate of drug-likeness (QED) is 0.480. The maximum absolute atomic E-state index is 10.6. The Morgan fingerprint density at radius 2 is 1.47 bits per heavy atom. The molecule has 0 amide bonds. The highest BCUT2D eigenvalue weighted by Crippen LogP contribution is 2.52. The van der Waals surface area contributed by atoms with Gasteiger partial charge in [-0.05, 0) is 51.0 Å². The Balaban J connectivity index is 2.17. The molecule has 0 aromatic heterocycles. The fourth-order valence-electron chi connectivity index (χ4n) is 3.96. The Bertz CT molecular complexity index is 812. The minimum Gasteiger partial charge on any atom is -0.377 e. The van der Waals surface area contributed by atoms with Gasteiger partial charge in [0.2, 0.25) is 0 Å². The Hall–Kier alpha value is -1.73. The van der Waals surface area contributed by atoms with E-state index >= 15 is 0 Å². The van der Waals surface area contributed by atoms with Crippen LogP contribution in [-0.4, -0.2) is 40.8 Å². The van der Waals surface area contributed by atoms with E-state index in [4.69, 9.17) is 0 Å². The first-order valence-electron chi connectivity index (χ1n) is 11.1. The zero-order valence-corrected chi connectivity index (χ0v) is 19.4. The number of hydrogen-bond donors (Lipinski definition) is 2. The SMILES string of the molecule is CCCCN(CCCC)c1cccc2c1N(N(C(C)O)C(C)O)c1ccccc1S2. The molecule has 164 valence electrons. The first kappa shape index (κ1) is 22.9. The van der Waals surface area contributed by atoms with Gasteiger partial charge in [-0.2, -0.15) is 5.01 Å². The molecule has 0 bridgehead atoms. The summed E-state index contributed by atoms with van der Waals surface area (Å²) < 4.78 is 0. The molecule has 30 heavy (non-hydrogen) atoms. The van der Waals surface area contributed by atoms with Crippen molar-refractivity contribution in [2.45, 2.75) is 75.6 Å². The van der Waals surface area contributed by atoms with Gasteiger partial charge in [0.25, 0.3) is 0 Å². The first-order valence-corrected chi connectivity index (χ1v) is 11.9. The van der Waals surface area contributed by atoms with Crippen molar-refractivity contribution < 1.29 is 10.2 Å². The predicted molar refractivity (Wildman–Crippen MR) is 126 cm³/mol. The summed E-state index contributed by atoms with van der Waals surface area (Å²) in [6, 6.07) is 14.6. The van der Waals surface area contributed by atoms with Gasteiger partial charge in [0.05, 0.1) is 17.1 Å². The van der Waals surface area contributed by atoms with Crippen molar-refractivity contribution in [2.75, 3.05) is 23.0 Å². The molecule has 0 fully saturated rings. The zero-order valence-electron chi connectivity index (χ0n) is 18.6. The van der Waals surface area contributed by atoms with Crippen molar-refractivity contribution in [1.29, 1.82) is 0 Å². The summed E-state index contributed by atoms with van der Waals surface area (Å²) in [6.45, 7) is 9.84. The molecule has 2 unspecified atom stereocenters. The number of hydrazine groups is 1. The van der Waals surface area contributed by atoms with Crippen LogP contribution in [0.2, 0.25) is 0 Å². The number of nitrogens with zero attached hydrogens (tertiary/aromatic N) is 3. The lowest BCUT2D eigenvalue weighted by atomic mass is 10.1. The minimum atomic E-state index is -0.846. The van der Waals surface area contributed by atoms with E-state index in [1.807, 2.05) is 17.1 Å². The number of rotatable bonds is 10. The predicted octanol–water partition coefficient (Wildman–Crippen LogP) is 5.59. The van der Waals surface area contributed by atoms with Crippen LogP contribution in [0.4, 0.5) is 17.1 Å². The maximum Gasteiger partial charge on any atom is 0.124 e. The molecule has 6 heteroatoms. The minimum absolute atomic E-state index is 0.846. The van der Waals surface area contributed by atoms with Gasteiger partial charge in [0.15, 0.2) is 0 Å². The lowest BCUT2D eigenvalue weighted by molar-refractivity contribution is -0.0848. The number of anilines is 3. The standard InChI is InChI=1S/C24H35N3O2S/c1-5-7-16-25(17-8-6-2)21-13-11-15-23-24(21)27(26(18(3)28)19(4)29)20-12-9-10-14-22(20)30-23/h9-15,18-19,28-29H,5-8,16-17H2,1-4H3. The number of hydrogen-bond acceptors (Lipinski definition) is 6. The van der Waals surface area contributed by atoms with Crippen molar-refractivity contribution >= 4 is 28.8 Å². The van der Waals surface area contributed by atoms with Gasteiger partial charge in [0.1, 0.15) is 12.5 Å². The highest BCUT2D eigenvalue weighted by molar-refractivity contribution is 7.99. The van der Waals surface area contributed by atoms with Crippen molar-refractivity contribution in [3.05, 3.63) is 42.5 Å². The average Bonchev–Trinajstić information content (AvgIpc) is 2.72. The summed E-state index contributed by atoms with van der Waals surface area (Å²) in [7, 11) is 0. The molecule has 2 N–H and O–H groups in total. The van der Waals surface area contributed by atoms with E-state index in [1.54, 1.807) is 30.6 Å². The highest BCUT2D eigenvalue weighted by Gasteiger charge is 2.35. The van der Waals surface area contributed by atoms with Crippen LogP contribution in [0.15, 0.2) is 52.3 Å². The molecule has 1 aliphatic rings. The fraction of sp³-hybridized carbons (Fsp3) is 0.500. The summed E-state index contributed by atoms with van der Waals surface area (Å²) in [4.78, 5) is 4.72. The van der Waals surface area contributed by atoms with Crippen LogP contribution >= 0.6 is 11.8 Å². The summed E-state index contributed by atoms with van der Waals surface area (Å²) in [5.74, 6) is 0. The smallest absolute Gasteiger partial charge is 0.124 e. The summed E-state index contributed by atoms with van der Waals surface area (Å²) in [5.41, 5.74) is 3.17. The Labute approximate surface area is 185 Å². The van der Waals surface area contributed by atoms with Crippen molar-refractivity contribution in [2.24, 2.45) is 0 Å². The van der Waals surface area contributed by atoms with E-state index < -0.39 is 12.5 Å². The third kappa shape index (κ3) is 4.78. The summed E-state index contributed by atoms with van der Waals surface area (Å²) in [6.07, 6.45) is 2.86. The number of para-hydroxylation sites is 2. The van der Waals surface area contributed by atoms with Crippen LogP contribution in [0.3, 0.4) is 0 Å². The number of benzene rings is 2. The van der Waals surface area contributed by atoms with Gasteiger partial charge in [-0.3, -0.25) is 5.01 Å². The third-order valence-corrected chi connectivity index (χ3v) is 6.52. The van der Waals surface area contributed by atoms with E-state index in [0.29, 0.717) is 0 Å². The monoisotopic (exact) mass is 429 g/mol. The van der Waals surface area contributed by atoms with Crippen LogP contribution in [0.1, 0.15) is 53.4 Å². The van der Waals surface area contributed by atoms with Crippen LogP contribution in [-0.2, 0) is 0 Å². The van der Waals surface area contributed by atoms with Crippen molar-refractivity contribution in [3.63, 3.8) is 0 Å². The molecular weight excluding hydrogens is 394 g/mol. The molecule has 0 radical (unpaired) electrons. The van der Waals surface area contributed by atoms with E-state index in [2.05, 4.69) is 49.1 Å². The second kappa shape index (κ2) is 10.5. The van der Waals surface area contributed by atoms with Crippen molar-refractivity contribution in [1.82, 2.24) is 5.01 Å². The van der Waals surface area contributed by atoms with E-state index in [9.17, 15) is 10.2 Å². The maximum atomic E-state index is 10.6. The number of aliphatic hydroxyl groups is 2. The number of fused-ring (bicyclic) bond motifs is 2. The Morgan fingerprint density at radius 3 is 2.07 bits per heavy atom. The molecule has 5 nitrogen and oxygen atoms in total. The molecular formula is C24H35N3O2S. The van der Waals surface area contributed by atoms with Crippen LogP contribution < -0.4 is 9.91 Å². The third-order valence-electron chi connectivity index (χ3n) is 5.40. The fourth-order valence-corrected chi connectivity index (χ4v) is 5.03. The van der Waals surface area contributed by atoms with Crippen molar-refractivity contribution in [3.8, 4) is 0 Å². The molecule has 2 atom stereocenters. The van der Waals surface area contributed by atoms with Crippen LogP contribution in [0, 0.1) is 0 Å². The largest absolute Gasteiger partial charge is 0.377 e. The zero-order chi connectivity index (χ0) is 21.7. The van der Waals surface area contributed by atoms with Gasteiger partial charge in [-0.25, -0.2) is 0 Å². The normalized spacial score (nSPS) is 15.0. The molecule has 0 saturated carbocycles. The number of aliphatic hydroxyl groups excluding tert-OH is 2. The second-order valence-electron chi connectivity index (χ2n) is 7.84. The van der Waals surface area contributed by atoms with Gasteiger partial charge >= 0.3 is 0 Å². The summed E-state index contributed by atoms with van der Waals surface area (Å²) in [5, 5.41) is 24.9. The van der Waals surface area contributed by atoms with Crippen LogP contribution in [0.25, 0.3) is 0 Å². The summed E-state index contributed by atoms with van der Waals surface area (Å²) >= 11 is 1.75. The van der Waals surface area contributed by atoms with E-state index in [0.717, 1.165) is 65.6 Å². The Kier molecular flexibility index (Phi) is 8.06. The average molecular weight is 430 g/mol. The second-order valence-corrected chi connectivity index (χ2v) is 8.93. The van der Waals surface area contributed by atoms with Crippen LogP contribution in [0.5, 0.6) is 0 Å². The van der Waals surface area contributed by atoms with Gasteiger partial charge in [-0.1, -0.05) is 56.7 Å². The van der Waals surface area contributed by atoms with Gasteiger partial charge < -0.3 is 15.1 Å². The first-order chi connectivity index (χ1) is 14.5. The molecule has 1 heterocycles. The molecule has 2 aromatic carbocycles. The van der Waals surface area contributed by atoms with E-state index in [1.165, 1.54) is 0 Å². The van der Waals surface area contributed by atoms with E-state index in [-0.39, 0.29) is 0 Å². The molecule has 3 rings (SSSR count). The molecule has 2 aromatic rings. The molecule has 0 saturated heterocycles. The highest BCUT2D eigenvalue weighted by atomic mass is 32.2. The lowest BCUT2D eigenvalue weighted by Crippen LogP contribution is -2.51. The topological polar surface area (TPSA) is 50.2 Å². The van der Waals surface area contributed by atoms with Gasteiger partial charge in [0, 0.05) is 22.9 Å². The molecule has 0 spiro atoms. The lowest BCUT2D eigenvalue weighted by Gasteiger charge is -2.45. The molecule has 0 aliphatic carbocycles. The Morgan fingerprint density at radius 1 is 0.867 bits per heavy atom. The number of unbranched alkanes of at least 4 members (excludes halogenated alkanes) is 2. The molecule has 1 aliphatic heterocycles.